The van der Waals surface area contributed by atoms with Crippen LogP contribution in [0.3, 0.4) is 0 Å². The number of nitrogens with zero attached hydrogens (tertiary/aromatic N) is 4. The fraction of sp³-hybridized carbons (Fsp3) is 0.368. The number of alkyl halides is 1. The lowest BCUT2D eigenvalue weighted by molar-refractivity contribution is 0.172. The molecule has 1 aliphatic rings. The summed E-state index contributed by atoms with van der Waals surface area (Å²) in [5, 5.41) is 9.31. The lowest BCUT2D eigenvalue weighted by Crippen LogP contribution is -2.43. The molecule has 0 aromatic heterocycles. The zero-order valence-corrected chi connectivity index (χ0v) is 17.2. The van der Waals surface area contributed by atoms with Crippen LogP contribution >= 0.6 is 20.7 Å². The van der Waals surface area contributed by atoms with E-state index in [0.717, 1.165) is 10.1 Å². The van der Waals surface area contributed by atoms with Crippen LogP contribution in [0.5, 0.6) is 0 Å². The smallest absolute Gasteiger partial charge is 0.315 e. The molecule has 0 spiro atoms. The Kier molecular flexibility index (Phi) is 6.48. The average Bonchev–Trinajstić information content (AvgIpc) is 2.57. The van der Waals surface area contributed by atoms with Crippen LogP contribution in [0.25, 0.3) is 5.70 Å². The summed E-state index contributed by atoms with van der Waals surface area (Å²) in [6.45, 7) is 7.11. The van der Waals surface area contributed by atoms with Gasteiger partial charge in [-0.15, -0.1) is 20.7 Å². The summed E-state index contributed by atoms with van der Waals surface area (Å²) in [5.41, 5.74) is 2.13. The minimum atomic E-state index is -0.315. The van der Waals surface area contributed by atoms with Crippen LogP contribution < -0.4 is 0 Å². The Morgan fingerprint density at radius 3 is 2.72 bits per heavy atom. The molecule has 5 nitrogen and oxygen atoms in total. The highest BCUT2D eigenvalue weighted by molar-refractivity contribution is 14.2. The molecule has 1 heterocycles. The quantitative estimate of drug-likeness (QED) is 0.388. The summed E-state index contributed by atoms with van der Waals surface area (Å²) in [6.07, 6.45) is 3.51. The number of hydrogen-bond acceptors (Lipinski definition) is 3. The number of nitriles is 1. The van der Waals surface area contributed by atoms with Crippen LogP contribution in [0.2, 0.25) is 0 Å². The van der Waals surface area contributed by atoms with Crippen molar-refractivity contribution in [2.75, 3.05) is 18.1 Å². The second-order valence-corrected chi connectivity index (χ2v) is 9.29. The van der Waals surface area contributed by atoms with Gasteiger partial charge in [-0.25, -0.2) is 9.79 Å². The molecule has 0 saturated carbocycles. The van der Waals surface area contributed by atoms with Gasteiger partial charge in [-0.05, 0) is 21.6 Å². The molecular weight excluding hydrogens is 427 g/mol. The van der Waals surface area contributed by atoms with Gasteiger partial charge in [-0.1, -0.05) is 39.0 Å². The normalized spacial score (nSPS) is 18.2. The first-order chi connectivity index (χ1) is 11.8. The number of rotatable bonds is 2. The van der Waals surface area contributed by atoms with Crippen LogP contribution in [-0.2, 0) is 0 Å². The van der Waals surface area contributed by atoms with Gasteiger partial charge in [0.05, 0.1) is 28.2 Å². The van der Waals surface area contributed by atoms with E-state index in [1.165, 1.54) is 11.2 Å². The van der Waals surface area contributed by atoms with Crippen LogP contribution in [0.4, 0.5) is 4.79 Å². The summed E-state index contributed by atoms with van der Waals surface area (Å²) in [5.74, 6) is 0. The number of carbonyl (C=O) groups is 1. The molecular formula is C19H23IN4O. The van der Waals surface area contributed by atoms with Crippen molar-refractivity contribution < 1.29 is 4.79 Å². The van der Waals surface area contributed by atoms with E-state index < -0.39 is 0 Å². The van der Waals surface area contributed by atoms with Gasteiger partial charge in [0.1, 0.15) is 0 Å². The van der Waals surface area contributed by atoms with Crippen molar-refractivity contribution in [1.82, 2.24) is 9.80 Å². The molecule has 0 fully saturated rings. The highest BCUT2D eigenvalue weighted by Gasteiger charge is 2.22. The molecule has 0 radical (unpaired) electrons. The molecule has 6 heteroatoms. The van der Waals surface area contributed by atoms with Gasteiger partial charge in [0.15, 0.2) is 0 Å². The zero-order valence-electron chi connectivity index (χ0n) is 15.0. The Hall–Kier alpha value is -2.01. The van der Waals surface area contributed by atoms with E-state index in [1.54, 1.807) is 13.1 Å². The molecule has 0 saturated heterocycles. The highest BCUT2D eigenvalue weighted by atomic mass is 127. The molecule has 132 valence electrons. The molecule has 0 bridgehead atoms. The molecule has 0 unspecified atom stereocenters. The maximum absolute atomic E-state index is 12.7. The Morgan fingerprint density at radius 1 is 1.32 bits per heavy atom. The Balaban J connectivity index is 2.36. The van der Waals surface area contributed by atoms with Crippen molar-refractivity contribution >= 4 is 42.8 Å². The van der Waals surface area contributed by atoms with Gasteiger partial charge in [-0.2, -0.15) is 5.26 Å². The number of carbonyl (C=O) groups excluding carboxylic acids is 1. The molecule has 1 aliphatic heterocycles. The third-order valence-corrected chi connectivity index (χ3v) is 5.54. The number of aliphatic imine (C=N–C) groups is 1. The van der Waals surface area contributed by atoms with E-state index in [-0.39, 0.29) is 32.2 Å². The second-order valence-electron chi connectivity index (χ2n) is 7.01. The number of amides is 2. The lowest BCUT2D eigenvalue weighted by Gasteiger charge is -2.31. The van der Waals surface area contributed by atoms with Crippen LogP contribution in [0.1, 0.15) is 31.9 Å². The van der Waals surface area contributed by atoms with E-state index in [0.29, 0.717) is 17.8 Å². The van der Waals surface area contributed by atoms with E-state index in [4.69, 9.17) is 0 Å². The molecule has 0 atom stereocenters. The van der Waals surface area contributed by atoms with E-state index in [2.05, 4.69) is 35.8 Å². The molecule has 2 rings (SSSR count). The predicted molar refractivity (Wildman–Crippen MR) is 112 cm³/mol. The van der Waals surface area contributed by atoms with Crippen LogP contribution in [0.15, 0.2) is 35.3 Å². The van der Waals surface area contributed by atoms with E-state index >= 15 is 0 Å². The monoisotopic (exact) mass is 450 g/mol. The lowest BCUT2D eigenvalue weighted by atomic mass is 9.96. The molecule has 0 N–H and O–H groups in total. The molecule has 1 aromatic carbocycles. The van der Waals surface area contributed by atoms with Crippen molar-refractivity contribution in [2.45, 2.75) is 20.8 Å². The van der Waals surface area contributed by atoms with Crippen molar-refractivity contribution in [3.8, 4) is 6.07 Å². The van der Waals surface area contributed by atoms with E-state index in [1.807, 2.05) is 29.2 Å². The highest BCUT2D eigenvalue weighted by Crippen LogP contribution is 2.22. The van der Waals surface area contributed by atoms with Gasteiger partial charge in [0.2, 0.25) is 0 Å². The van der Waals surface area contributed by atoms with Crippen molar-refractivity contribution in [3.05, 3.63) is 41.5 Å². The molecule has 25 heavy (non-hydrogen) atoms. The summed E-state index contributed by atoms with van der Waals surface area (Å²) >= 11 is -0.315. The third-order valence-electron chi connectivity index (χ3n) is 3.45. The standard InChI is InChI=1S/C19H23IN4O/c1-19(2,3)12-24-13-20-10-9-17(22-14-23(4)18(24)25)16-8-6-5-7-15(16)11-21/h5-10,14H,12-13H2,1-4H3/b17-9-,22-14?. The largest absolute Gasteiger partial charge is 0.325 e. The topological polar surface area (TPSA) is 59.7 Å². The van der Waals surface area contributed by atoms with Gasteiger partial charge < -0.3 is 4.90 Å². The maximum Gasteiger partial charge on any atom is 0.325 e. The Labute approximate surface area is 159 Å². The summed E-state index contributed by atoms with van der Waals surface area (Å²) in [6, 6.07) is 9.55. The van der Waals surface area contributed by atoms with Gasteiger partial charge in [0.25, 0.3) is 0 Å². The van der Waals surface area contributed by atoms with Gasteiger partial charge in [-0.3, -0.25) is 4.90 Å². The number of urea groups is 1. The molecule has 0 aliphatic carbocycles. The number of halogens is 1. The zero-order chi connectivity index (χ0) is 18.4. The maximum atomic E-state index is 12.7. The first kappa shape index (κ1) is 19.3. The SMILES string of the molecule is CN1C=N/C(c2ccccc2C#N)=C\C=ICN(CC(C)(C)C)C1=O. The number of benzene rings is 1. The fourth-order valence-corrected chi connectivity index (χ4v) is 4.22. The van der Waals surface area contributed by atoms with Crippen molar-refractivity contribution in [1.29, 1.82) is 5.26 Å². The fourth-order valence-electron chi connectivity index (χ4n) is 2.39. The van der Waals surface area contributed by atoms with Crippen LogP contribution in [-0.4, -0.2) is 44.3 Å². The Bertz CT molecular complexity index is 768. The summed E-state index contributed by atoms with van der Waals surface area (Å²) in [7, 11) is 1.72. The summed E-state index contributed by atoms with van der Waals surface area (Å²) in [4.78, 5) is 20.6. The van der Waals surface area contributed by atoms with Crippen LogP contribution in [0, 0.1) is 16.7 Å². The molecule has 2 amide bonds. The minimum Gasteiger partial charge on any atom is -0.315 e. The Morgan fingerprint density at radius 2 is 2.04 bits per heavy atom. The van der Waals surface area contributed by atoms with Crippen molar-refractivity contribution in [3.63, 3.8) is 0 Å². The first-order valence-electron chi connectivity index (χ1n) is 7.98. The molecule has 1 aromatic rings. The first-order valence-corrected chi connectivity index (χ1v) is 10.8. The number of hydrogen-bond donors (Lipinski definition) is 0. The third kappa shape index (κ3) is 5.49. The van der Waals surface area contributed by atoms with Gasteiger partial charge in [0, 0.05) is 19.2 Å². The van der Waals surface area contributed by atoms with Gasteiger partial charge >= 0.3 is 6.03 Å². The summed E-state index contributed by atoms with van der Waals surface area (Å²) < 4.78 is 2.88. The second kappa shape index (κ2) is 8.39. The van der Waals surface area contributed by atoms with E-state index in [9.17, 15) is 10.1 Å². The minimum absolute atomic E-state index is 0.0402. The average molecular weight is 450 g/mol. The predicted octanol–water partition coefficient (Wildman–Crippen LogP) is 4.07. The van der Waals surface area contributed by atoms with Crippen molar-refractivity contribution in [2.24, 2.45) is 10.4 Å². The number of allylic oxidation sites excluding steroid dienone is 1.